The van der Waals surface area contributed by atoms with Gasteiger partial charge in [-0.3, -0.25) is 9.59 Å². The van der Waals surface area contributed by atoms with Crippen LogP contribution in [0.5, 0.6) is 0 Å². The van der Waals surface area contributed by atoms with Crippen molar-refractivity contribution in [3.8, 4) is 11.1 Å². The van der Waals surface area contributed by atoms with Crippen LogP contribution in [0, 0.1) is 0 Å². The molecule has 3 aromatic rings. The van der Waals surface area contributed by atoms with Crippen LogP contribution < -0.4 is 10.6 Å². The Balaban J connectivity index is 1.79. The van der Waals surface area contributed by atoms with Crippen molar-refractivity contribution in [2.75, 3.05) is 10.6 Å². The van der Waals surface area contributed by atoms with Gasteiger partial charge in [0.1, 0.15) is 0 Å². The van der Waals surface area contributed by atoms with Gasteiger partial charge in [-0.1, -0.05) is 48.5 Å². The zero-order chi connectivity index (χ0) is 17.6. The van der Waals surface area contributed by atoms with Gasteiger partial charge in [-0.2, -0.15) is 0 Å². The largest absolute Gasteiger partial charge is 0.326 e. The van der Waals surface area contributed by atoms with Gasteiger partial charge in [0.05, 0.1) is 0 Å². The van der Waals surface area contributed by atoms with Crippen LogP contribution in [0.1, 0.15) is 17.3 Å². The maximum Gasteiger partial charge on any atom is 0.255 e. The van der Waals surface area contributed by atoms with E-state index in [-0.39, 0.29) is 11.8 Å². The standard InChI is InChI=1S/C21H18N2O2/c1-15(24)22-20-10-6-5-9-19(20)16-11-13-18(14-12-16)23-21(25)17-7-3-2-4-8-17/h2-14H,1H3,(H,22,24)(H,23,25). The van der Waals surface area contributed by atoms with Crippen molar-refractivity contribution in [2.24, 2.45) is 0 Å². The van der Waals surface area contributed by atoms with Gasteiger partial charge in [-0.15, -0.1) is 0 Å². The monoisotopic (exact) mass is 330 g/mol. The zero-order valence-corrected chi connectivity index (χ0v) is 13.8. The van der Waals surface area contributed by atoms with Gasteiger partial charge in [0.25, 0.3) is 5.91 Å². The molecule has 0 fully saturated rings. The van der Waals surface area contributed by atoms with Crippen LogP contribution in [0.4, 0.5) is 11.4 Å². The highest BCUT2D eigenvalue weighted by Gasteiger charge is 2.08. The zero-order valence-electron chi connectivity index (χ0n) is 13.8. The number of benzene rings is 3. The number of anilines is 2. The molecule has 3 aromatic carbocycles. The van der Waals surface area contributed by atoms with Crippen molar-refractivity contribution in [3.05, 3.63) is 84.4 Å². The molecule has 0 bridgehead atoms. The maximum atomic E-state index is 12.2. The van der Waals surface area contributed by atoms with E-state index in [4.69, 9.17) is 0 Å². The molecule has 2 N–H and O–H groups in total. The van der Waals surface area contributed by atoms with Crippen molar-refractivity contribution >= 4 is 23.2 Å². The van der Waals surface area contributed by atoms with Gasteiger partial charge in [0.2, 0.25) is 5.91 Å². The average molecular weight is 330 g/mol. The Hall–Kier alpha value is -3.40. The van der Waals surface area contributed by atoms with Gasteiger partial charge < -0.3 is 10.6 Å². The molecule has 0 aliphatic carbocycles. The summed E-state index contributed by atoms with van der Waals surface area (Å²) in [5.74, 6) is -0.258. The Morgan fingerprint density at radius 2 is 1.36 bits per heavy atom. The van der Waals surface area contributed by atoms with E-state index >= 15 is 0 Å². The lowest BCUT2D eigenvalue weighted by Gasteiger charge is -2.11. The number of para-hydroxylation sites is 1. The third-order valence-corrected chi connectivity index (χ3v) is 3.73. The highest BCUT2D eigenvalue weighted by Crippen LogP contribution is 2.28. The Morgan fingerprint density at radius 3 is 2.04 bits per heavy atom. The molecule has 0 unspecified atom stereocenters. The first-order chi connectivity index (χ1) is 12.1. The lowest BCUT2D eigenvalue weighted by atomic mass is 10.0. The molecule has 0 aromatic heterocycles. The van der Waals surface area contributed by atoms with Gasteiger partial charge in [-0.25, -0.2) is 0 Å². The van der Waals surface area contributed by atoms with E-state index in [1.54, 1.807) is 12.1 Å². The van der Waals surface area contributed by atoms with Crippen molar-refractivity contribution in [2.45, 2.75) is 6.92 Å². The molecule has 0 radical (unpaired) electrons. The van der Waals surface area contributed by atoms with Crippen LogP contribution in [0.25, 0.3) is 11.1 Å². The van der Waals surface area contributed by atoms with Gasteiger partial charge in [0.15, 0.2) is 0 Å². The molecule has 0 saturated carbocycles. The minimum absolute atomic E-state index is 0.112. The summed E-state index contributed by atoms with van der Waals surface area (Å²) in [6.45, 7) is 1.49. The fourth-order valence-corrected chi connectivity index (χ4v) is 2.56. The van der Waals surface area contributed by atoms with Crippen molar-refractivity contribution in [1.29, 1.82) is 0 Å². The second kappa shape index (κ2) is 7.45. The first-order valence-corrected chi connectivity index (χ1v) is 7.97. The fourth-order valence-electron chi connectivity index (χ4n) is 2.56. The van der Waals surface area contributed by atoms with E-state index in [1.807, 2.05) is 66.7 Å². The topological polar surface area (TPSA) is 58.2 Å². The van der Waals surface area contributed by atoms with Crippen LogP contribution in [-0.2, 0) is 4.79 Å². The molecular formula is C21H18N2O2. The summed E-state index contributed by atoms with van der Waals surface area (Å²) in [6, 6.07) is 24.2. The molecule has 4 heteroatoms. The second-order valence-corrected chi connectivity index (χ2v) is 5.62. The number of hydrogen-bond acceptors (Lipinski definition) is 2. The Morgan fingerprint density at radius 1 is 0.720 bits per heavy atom. The molecule has 3 rings (SSSR count). The van der Waals surface area contributed by atoms with Crippen LogP contribution in [0.15, 0.2) is 78.9 Å². The van der Waals surface area contributed by atoms with Crippen LogP contribution in [0.2, 0.25) is 0 Å². The Kier molecular flexibility index (Phi) is 4.90. The number of carbonyl (C=O) groups excluding carboxylic acids is 2. The predicted octanol–water partition coefficient (Wildman–Crippen LogP) is 4.56. The minimum Gasteiger partial charge on any atom is -0.326 e. The highest BCUT2D eigenvalue weighted by molar-refractivity contribution is 6.04. The van der Waals surface area contributed by atoms with E-state index in [2.05, 4.69) is 10.6 Å². The first-order valence-electron chi connectivity index (χ1n) is 7.97. The summed E-state index contributed by atoms with van der Waals surface area (Å²) in [5, 5.41) is 5.71. The SMILES string of the molecule is CC(=O)Nc1ccccc1-c1ccc(NC(=O)c2ccccc2)cc1. The fraction of sp³-hybridized carbons (Fsp3) is 0.0476. The molecular weight excluding hydrogens is 312 g/mol. The summed E-state index contributed by atoms with van der Waals surface area (Å²) < 4.78 is 0. The average Bonchev–Trinajstić information content (AvgIpc) is 2.63. The quantitative estimate of drug-likeness (QED) is 0.736. The molecule has 0 atom stereocenters. The summed E-state index contributed by atoms with van der Waals surface area (Å²) in [7, 11) is 0. The number of rotatable bonds is 4. The molecule has 0 aliphatic rings. The smallest absolute Gasteiger partial charge is 0.255 e. The number of nitrogens with one attached hydrogen (secondary N) is 2. The summed E-state index contributed by atoms with van der Waals surface area (Å²) in [4.78, 5) is 23.5. The molecule has 124 valence electrons. The predicted molar refractivity (Wildman–Crippen MR) is 101 cm³/mol. The maximum absolute atomic E-state index is 12.2. The highest BCUT2D eigenvalue weighted by atomic mass is 16.2. The van der Waals surface area contributed by atoms with Crippen molar-refractivity contribution in [3.63, 3.8) is 0 Å². The summed E-state index contributed by atoms with van der Waals surface area (Å²) >= 11 is 0. The summed E-state index contributed by atoms with van der Waals surface area (Å²) in [6.07, 6.45) is 0. The van der Waals surface area contributed by atoms with E-state index in [0.29, 0.717) is 5.56 Å². The lowest BCUT2D eigenvalue weighted by molar-refractivity contribution is -0.114. The second-order valence-electron chi connectivity index (χ2n) is 5.62. The molecule has 25 heavy (non-hydrogen) atoms. The number of carbonyl (C=O) groups is 2. The molecule has 0 heterocycles. The van der Waals surface area contributed by atoms with E-state index in [0.717, 1.165) is 22.5 Å². The normalized spacial score (nSPS) is 10.1. The third-order valence-electron chi connectivity index (χ3n) is 3.73. The summed E-state index contributed by atoms with van der Waals surface area (Å²) in [5.41, 5.74) is 3.98. The van der Waals surface area contributed by atoms with Crippen molar-refractivity contribution in [1.82, 2.24) is 0 Å². The van der Waals surface area contributed by atoms with E-state index in [9.17, 15) is 9.59 Å². The minimum atomic E-state index is -0.146. The van der Waals surface area contributed by atoms with Gasteiger partial charge in [0, 0.05) is 29.4 Å². The molecule has 0 aliphatic heterocycles. The van der Waals surface area contributed by atoms with Gasteiger partial charge >= 0.3 is 0 Å². The molecule has 0 spiro atoms. The van der Waals surface area contributed by atoms with E-state index in [1.165, 1.54) is 6.92 Å². The van der Waals surface area contributed by atoms with Crippen LogP contribution in [0.3, 0.4) is 0 Å². The lowest BCUT2D eigenvalue weighted by Crippen LogP contribution is -2.11. The molecule has 2 amide bonds. The van der Waals surface area contributed by atoms with Crippen LogP contribution in [-0.4, -0.2) is 11.8 Å². The molecule has 4 nitrogen and oxygen atoms in total. The van der Waals surface area contributed by atoms with E-state index < -0.39 is 0 Å². The number of hydrogen-bond donors (Lipinski definition) is 2. The Bertz CT molecular complexity index is 887. The van der Waals surface area contributed by atoms with Gasteiger partial charge in [-0.05, 0) is 35.9 Å². The molecule has 0 saturated heterocycles. The third kappa shape index (κ3) is 4.12. The Labute approximate surface area is 146 Å². The van der Waals surface area contributed by atoms with Crippen LogP contribution >= 0.6 is 0 Å². The number of amides is 2. The van der Waals surface area contributed by atoms with Crippen molar-refractivity contribution < 1.29 is 9.59 Å². The first kappa shape index (κ1) is 16.5.